The van der Waals surface area contributed by atoms with Crippen LogP contribution in [0.3, 0.4) is 0 Å². The standard InChI is InChI=1S/C10H10ClNO3/c1-10(2,6-13)8-5-7(11)3-4-9(8)12(14)15/h3-6H,1-2H3. The zero-order chi connectivity index (χ0) is 11.6. The molecule has 0 aromatic heterocycles. The second-order valence-electron chi connectivity index (χ2n) is 3.76. The van der Waals surface area contributed by atoms with Crippen LogP contribution in [0.25, 0.3) is 0 Å². The third kappa shape index (κ3) is 2.33. The van der Waals surface area contributed by atoms with Crippen molar-refractivity contribution < 1.29 is 9.72 Å². The van der Waals surface area contributed by atoms with Crippen LogP contribution in [0.4, 0.5) is 5.69 Å². The number of hydrogen-bond donors (Lipinski definition) is 0. The van der Waals surface area contributed by atoms with E-state index in [-0.39, 0.29) is 5.69 Å². The number of benzene rings is 1. The maximum atomic E-state index is 10.8. The molecule has 0 aliphatic carbocycles. The van der Waals surface area contributed by atoms with Crippen LogP contribution >= 0.6 is 11.6 Å². The van der Waals surface area contributed by atoms with Crippen molar-refractivity contribution in [2.24, 2.45) is 0 Å². The van der Waals surface area contributed by atoms with Crippen molar-refractivity contribution in [3.8, 4) is 0 Å². The number of aldehydes is 1. The highest BCUT2D eigenvalue weighted by atomic mass is 35.5. The molecule has 5 heteroatoms. The summed E-state index contributed by atoms with van der Waals surface area (Å²) >= 11 is 5.75. The van der Waals surface area contributed by atoms with Crippen molar-refractivity contribution in [3.63, 3.8) is 0 Å². The number of carbonyl (C=O) groups is 1. The highest BCUT2D eigenvalue weighted by Crippen LogP contribution is 2.32. The molecule has 4 nitrogen and oxygen atoms in total. The minimum Gasteiger partial charge on any atom is -0.302 e. The van der Waals surface area contributed by atoms with E-state index in [4.69, 9.17) is 11.6 Å². The number of nitro benzene ring substituents is 1. The van der Waals surface area contributed by atoms with Crippen LogP contribution in [0.2, 0.25) is 5.02 Å². The lowest BCUT2D eigenvalue weighted by atomic mass is 9.85. The monoisotopic (exact) mass is 227 g/mol. The predicted molar refractivity (Wildman–Crippen MR) is 57.2 cm³/mol. The second-order valence-corrected chi connectivity index (χ2v) is 4.19. The van der Waals surface area contributed by atoms with Crippen molar-refractivity contribution in [3.05, 3.63) is 38.9 Å². The molecule has 1 aromatic rings. The molecule has 0 fully saturated rings. The van der Waals surface area contributed by atoms with Gasteiger partial charge in [0.2, 0.25) is 0 Å². The van der Waals surface area contributed by atoms with Crippen molar-refractivity contribution in [1.29, 1.82) is 0 Å². The minimum absolute atomic E-state index is 0.0866. The average molecular weight is 228 g/mol. The molecule has 0 spiro atoms. The summed E-state index contributed by atoms with van der Waals surface area (Å²) in [5.74, 6) is 0. The molecular formula is C10H10ClNO3. The van der Waals surface area contributed by atoms with Crippen molar-refractivity contribution in [1.82, 2.24) is 0 Å². The Balaban J connectivity index is 3.43. The molecule has 0 atom stereocenters. The van der Waals surface area contributed by atoms with E-state index in [1.165, 1.54) is 18.2 Å². The largest absolute Gasteiger partial charge is 0.302 e. The Hall–Kier alpha value is -1.42. The zero-order valence-corrected chi connectivity index (χ0v) is 9.12. The fourth-order valence-electron chi connectivity index (χ4n) is 1.25. The Bertz CT molecular complexity index is 415. The maximum absolute atomic E-state index is 10.8. The Morgan fingerprint density at radius 3 is 2.53 bits per heavy atom. The molecule has 1 aromatic carbocycles. The van der Waals surface area contributed by atoms with Gasteiger partial charge in [-0.05, 0) is 26.0 Å². The lowest BCUT2D eigenvalue weighted by Gasteiger charge is -2.17. The van der Waals surface area contributed by atoms with Gasteiger partial charge < -0.3 is 4.79 Å². The van der Waals surface area contributed by atoms with Crippen molar-refractivity contribution in [2.75, 3.05) is 0 Å². The molecule has 80 valence electrons. The predicted octanol–water partition coefficient (Wildman–Crippen LogP) is 2.72. The third-order valence-electron chi connectivity index (χ3n) is 2.14. The SMILES string of the molecule is CC(C)(C=O)c1cc(Cl)ccc1[N+](=O)[O-]. The van der Waals surface area contributed by atoms with E-state index >= 15 is 0 Å². The van der Waals surface area contributed by atoms with Crippen LogP contribution < -0.4 is 0 Å². The fourth-order valence-corrected chi connectivity index (χ4v) is 1.42. The van der Waals surface area contributed by atoms with Crippen LogP contribution in [-0.2, 0) is 10.2 Å². The van der Waals surface area contributed by atoms with Gasteiger partial charge in [0, 0.05) is 16.7 Å². The van der Waals surface area contributed by atoms with Gasteiger partial charge in [0.15, 0.2) is 0 Å². The topological polar surface area (TPSA) is 60.2 Å². The Morgan fingerprint density at radius 1 is 1.47 bits per heavy atom. The Morgan fingerprint density at radius 2 is 2.07 bits per heavy atom. The molecule has 1 rings (SSSR count). The first-order valence-corrected chi connectivity index (χ1v) is 4.67. The molecule has 0 aliphatic heterocycles. The highest BCUT2D eigenvalue weighted by Gasteiger charge is 2.28. The molecule has 0 aliphatic rings. The first-order chi connectivity index (χ1) is 6.88. The van der Waals surface area contributed by atoms with Gasteiger partial charge in [0.25, 0.3) is 5.69 Å². The lowest BCUT2D eigenvalue weighted by Crippen LogP contribution is -2.20. The van der Waals surface area contributed by atoms with Crippen LogP contribution in [0, 0.1) is 10.1 Å². The summed E-state index contributed by atoms with van der Waals surface area (Å²) in [5, 5.41) is 11.1. The maximum Gasteiger partial charge on any atom is 0.273 e. The molecule has 0 heterocycles. The summed E-state index contributed by atoms with van der Waals surface area (Å²) in [5.41, 5.74) is -0.667. The van der Waals surface area contributed by atoms with Gasteiger partial charge in [0.1, 0.15) is 6.29 Å². The lowest BCUT2D eigenvalue weighted by molar-refractivity contribution is -0.385. The average Bonchev–Trinajstić information content (AvgIpc) is 2.17. The van der Waals surface area contributed by atoms with Gasteiger partial charge in [-0.3, -0.25) is 10.1 Å². The second kappa shape index (κ2) is 3.98. The Kier molecular flexibility index (Phi) is 3.09. The first kappa shape index (κ1) is 11.7. The van der Waals surface area contributed by atoms with Gasteiger partial charge in [-0.2, -0.15) is 0 Å². The first-order valence-electron chi connectivity index (χ1n) is 4.29. The number of carbonyl (C=O) groups excluding carboxylic acids is 1. The minimum atomic E-state index is -0.909. The number of nitrogens with zero attached hydrogens (tertiary/aromatic N) is 1. The summed E-state index contributed by atoms with van der Waals surface area (Å²) in [7, 11) is 0. The number of rotatable bonds is 3. The molecule has 0 N–H and O–H groups in total. The van der Waals surface area contributed by atoms with Gasteiger partial charge >= 0.3 is 0 Å². The molecule has 0 bridgehead atoms. The van der Waals surface area contributed by atoms with Crippen LogP contribution in [0.1, 0.15) is 19.4 Å². The molecule has 0 saturated carbocycles. The number of hydrogen-bond acceptors (Lipinski definition) is 3. The molecule has 0 radical (unpaired) electrons. The van der Waals surface area contributed by atoms with Crippen molar-refractivity contribution >= 4 is 23.6 Å². The Labute approximate surface area is 92.0 Å². The van der Waals surface area contributed by atoms with Crippen LogP contribution in [-0.4, -0.2) is 11.2 Å². The van der Waals surface area contributed by atoms with Gasteiger partial charge in [0.05, 0.1) is 10.3 Å². The van der Waals surface area contributed by atoms with Gasteiger partial charge in [-0.1, -0.05) is 11.6 Å². The smallest absolute Gasteiger partial charge is 0.273 e. The molecule has 15 heavy (non-hydrogen) atoms. The zero-order valence-electron chi connectivity index (χ0n) is 8.36. The van der Waals surface area contributed by atoms with E-state index in [1.807, 2.05) is 0 Å². The van der Waals surface area contributed by atoms with E-state index in [9.17, 15) is 14.9 Å². The summed E-state index contributed by atoms with van der Waals surface area (Å²) in [6.07, 6.45) is 0.672. The highest BCUT2D eigenvalue weighted by molar-refractivity contribution is 6.30. The molecular weight excluding hydrogens is 218 g/mol. The number of nitro groups is 1. The summed E-state index contributed by atoms with van der Waals surface area (Å²) in [6, 6.07) is 4.20. The van der Waals surface area contributed by atoms with E-state index < -0.39 is 10.3 Å². The van der Waals surface area contributed by atoms with E-state index in [2.05, 4.69) is 0 Å². The fraction of sp³-hybridized carbons (Fsp3) is 0.300. The van der Waals surface area contributed by atoms with Crippen LogP contribution in [0.5, 0.6) is 0 Å². The van der Waals surface area contributed by atoms with E-state index in [0.29, 0.717) is 16.9 Å². The normalized spacial score (nSPS) is 11.1. The molecule has 0 amide bonds. The van der Waals surface area contributed by atoms with E-state index in [0.717, 1.165) is 0 Å². The molecule has 0 unspecified atom stereocenters. The van der Waals surface area contributed by atoms with Crippen LogP contribution in [0.15, 0.2) is 18.2 Å². The third-order valence-corrected chi connectivity index (χ3v) is 2.38. The summed E-state index contributed by atoms with van der Waals surface area (Å²) < 4.78 is 0. The molecule has 0 saturated heterocycles. The van der Waals surface area contributed by atoms with Gasteiger partial charge in [-0.25, -0.2) is 0 Å². The summed E-state index contributed by atoms with van der Waals surface area (Å²) in [4.78, 5) is 21.1. The summed E-state index contributed by atoms with van der Waals surface area (Å²) in [6.45, 7) is 3.22. The quantitative estimate of drug-likeness (QED) is 0.453. The van der Waals surface area contributed by atoms with Crippen molar-refractivity contribution in [2.45, 2.75) is 19.3 Å². The number of halogens is 1. The van der Waals surface area contributed by atoms with Gasteiger partial charge in [-0.15, -0.1) is 0 Å². The van der Waals surface area contributed by atoms with E-state index in [1.54, 1.807) is 13.8 Å².